The van der Waals surface area contributed by atoms with Crippen molar-refractivity contribution in [3.05, 3.63) is 77.7 Å². The number of benzene rings is 2. The summed E-state index contributed by atoms with van der Waals surface area (Å²) in [6.07, 6.45) is 3.40. The number of rotatable bonds is 2. The molecule has 2 aliphatic heterocycles. The molecule has 5 heteroatoms. The third kappa shape index (κ3) is 2.45. The fraction of sp³-hybridized carbons (Fsp3) is 0.240. The Balaban J connectivity index is 1.44. The van der Waals surface area contributed by atoms with Crippen LogP contribution in [0.25, 0.3) is 0 Å². The zero-order valence-electron chi connectivity index (χ0n) is 17.5. The molecule has 0 atom stereocenters. The van der Waals surface area contributed by atoms with Gasteiger partial charge in [-0.2, -0.15) is 4.58 Å². The number of anilines is 1. The van der Waals surface area contributed by atoms with Crippen molar-refractivity contribution in [2.45, 2.75) is 19.3 Å². The van der Waals surface area contributed by atoms with Gasteiger partial charge in [0.2, 0.25) is 5.69 Å². The van der Waals surface area contributed by atoms with Gasteiger partial charge in [0.25, 0.3) is 0 Å². The molecule has 0 radical (unpaired) electrons. The Labute approximate surface area is 175 Å². The molecule has 0 bridgehead atoms. The largest absolute Gasteiger partial charge is 0.439 e. The molecule has 0 N–H and O–H groups in total. The van der Waals surface area contributed by atoms with Crippen molar-refractivity contribution >= 4 is 28.7 Å². The monoisotopic (exact) mass is 399 g/mol. The first kappa shape index (κ1) is 18.6. The van der Waals surface area contributed by atoms with Gasteiger partial charge in [0.1, 0.15) is 13.0 Å². The zero-order valence-corrected chi connectivity index (χ0v) is 17.5. The Hall–Kier alpha value is -3.47. The molecule has 2 aromatic rings. The highest BCUT2D eigenvalue weighted by Gasteiger charge is 2.48. The highest BCUT2D eigenvalue weighted by molar-refractivity contribution is 6.41. The van der Waals surface area contributed by atoms with E-state index in [1.165, 1.54) is 5.56 Å². The van der Waals surface area contributed by atoms with Crippen molar-refractivity contribution in [2.75, 3.05) is 19.0 Å². The molecule has 0 amide bonds. The van der Waals surface area contributed by atoms with Crippen LogP contribution in [0.2, 0.25) is 0 Å². The lowest BCUT2D eigenvalue weighted by atomic mass is 9.73. The normalized spacial score (nSPS) is 22.8. The number of Topliss-reactive ketones (excluding diaryl/α,β-unsaturated/α-hetero) is 2. The predicted octanol–water partition coefficient (Wildman–Crippen LogP) is 3.76. The molecule has 5 rings (SSSR count). The molecule has 0 spiro atoms. The van der Waals surface area contributed by atoms with Crippen LogP contribution < -0.4 is 9.64 Å². The lowest BCUT2D eigenvalue weighted by Crippen LogP contribution is -2.42. The minimum atomic E-state index is -0.791. The van der Waals surface area contributed by atoms with Crippen LogP contribution in [0.15, 0.2) is 72.1 Å². The first-order chi connectivity index (χ1) is 14.3. The van der Waals surface area contributed by atoms with Crippen LogP contribution in [0.5, 0.6) is 5.75 Å². The lowest BCUT2D eigenvalue weighted by Gasteiger charge is -2.25. The summed E-state index contributed by atoms with van der Waals surface area (Å²) in [6, 6.07) is 15.8. The van der Waals surface area contributed by atoms with Gasteiger partial charge in [0.05, 0.1) is 16.7 Å². The first-order valence-corrected chi connectivity index (χ1v) is 10.0. The van der Waals surface area contributed by atoms with Crippen molar-refractivity contribution < 1.29 is 18.9 Å². The number of hydrogen-bond donors (Lipinski definition) is 0. The van der Waals surface area contributed by atoms with Gasteiger partial charge < -0.3 is 9.64 Å². The molecule has 2 heterocycles. The van der Waals surface area contributed by atoms with Gasteiger partial charge in [-0.25, -0.2) is 0 Å². The molecule has 1 aliphatic carbocycles. The fourth-order valence-electron chi connectivity index (χ4n) is 4.60. The summed E-state index contributed by atoms with van der Waals surface area (Å²) in [7, 11) is 3.84. The van der Waals surface area contributed by atoms with Crippen molar-refractivity contribution in [1.82, 2.24) is 0 Å². The van der Waals surface area contributed by atoms with E-state index in [4.69, 9.17) is 4.74 Å². The maximum atomic E-state index is 12.9. The summed E-state index contributed by atoms with van der Waals surface area (Å²) in [4.78, 5) is 27.6. The highest BCUT2D eigenvalue weighted by atomic mass is 16.5. The van der Waals surface area contributed by atoms with Crippen LogP contribution >= 0.6 is 0 Å². The fourth-order valence-corrected chi connectivity index (χ4v) is 4.60. The summed E-state index contributed by atoms with van der Waals surface area (Å²) in [6.45, 7) is 4.24. The van der Waals surface area contributed by atoms with Gasteiger partial charge in [0, 0.05) is 24.8 Å². The average molecular weight is 399 g/mol. The van der Waals surface area contributed by atoms with E-state index in [-0.39, 0.29) is 22.6 Å². The number of ketones is 2. The molecule has 0 unspecified atom stereocenters. The maximum Gasteiger partial charge on any atom is 0.209 e. The van der Waals surface area contributed by atoms with E-state index in [2.05, 4.69) is 30.6 Å². The van der Waals surface area contributed by atoms with E-state index in [0.717, 1.165) is 22.8 Å². The second kappa shape index (κ2) is 6.26. The van der Waals surface area contributed by atoms with Crippen molar-refractivity contribution in [2.24, 2.45) is 5.92 Å². The Bertz CT molecular complexity index is 1200. The van der Waals surface area contributed by atoms with Crippen molar-refractivity contribution in [3.8, 4) is 5.75 Å². The number of carbonyl (C=O) groups is 2. The molecular weight excluding hydrogens is 376 g/mol. The Kier molecular flexibility index (Phi) is 3.87. The van der Waals surface area contributed by atoms with Gasteiger partial charge in [-0.3, -0.25) is 9.59 Å². The molecule has 0 aromatic heterocycles. The summed E-state index contributed by atoms with van der Waals surface area (Å²) in [5.41, 5.74) is 4.15. The number of para-hydroxylation sites is 3. The quantitative estimate of drug-likeness (QED) is 0.334. The summed E-state index contributed by atoms with van der Waals surface area (Å²) in [5, 5.41) is 0. The molecule has 1 saturated carbocycles. The Morgan fingerprint density at radius 2 is 1.70 bits per heavy atom. The average Bonchev–Trinajstić information content (AvgIpc) is 3.16. The number of fused-ring (bicyclic) bond motifs is 2. The molecule has 3 aliphatic rings. The summed E-state index contributed by atoms with van der Waals surface area (Å²) in [5.74, 6) is 0.131. The van der Waals surface area contributed by atoms with E-state index >= 15 is 0 Å². The number of allylic oxidation sites excluding steroid dienone is 3. The second-order valence-corrected chi connectivity index (χ2v) is 8.48. The molecular formula is C25H23N2O3+. The summed E-state index contributed by atoms with van der Waals surface area (Å²) >= 11 is 0. The molecule has 5 nitrogen and oxygen atoms in total. The van der Waals surface area contributed by atoms with Crippen LogP contribution in [0, 0.1) is 5.92 Å². The van der Waals surface area contributed by atoms with Crippen molar-refractivity contribution in [1.29, 1.82) is 0 Å². The van der Waals surface area contributed by atoms with Crippen LogP contribution in [0.4, 0.5) is 11.4 Å². The van der Waals surface area contributed by atoms with E-state index in [0.29, 0.717) is 5.88 Å². The predicted molar refractivity (Wildman–Crippen MR) is 115 cm³/mol. The smallest absolute Gasteiger partial charge is 0.209 e. The minimum absolute atomic E-state index is 0.159. The molecule has 30 heavy (non-hydrogen) atoms. The first-order valence-electron chi connectivity index (χ1n) is 10.0. The Morgan fingerprint density at radius 3 is 2.40 bits per heavy atom. The zero-order chi connectivity index (χ0) is 21.2. The third-order valence-corrected chi connectivity index (χ3v) is 6.40. The SMILES string of the molecule is CN1/C(=C\C2C(=O)C(=CC3=[N+](C)c4ccccc4C3(C)C)C2=O)Oc2ccccc21. The maximum absolute atomic E-state index is 12.9. The van der Waals surface area contributed by atoms with E-state index in [1.807, 2.05) is 55.4 Å². The van der Waals surface area contributed by atoms with E-state index < -0.39 is 5.92 Å². The third-order valence-electron chi connectivity index (χ3n) is 6.40. The minimum Gasteiger partial charge on any atom is -0.439 e. The Morgan fingerprint density at radius 1 is 1.03 bits per heavy atom. The second-order valence-electron chi connectivity index (χ2n) is 8.48. The van der Waals surface area contributed by atoms with Crippen LogP contribution in [-0.2, 0) is 15.0 Å². The molecule has 1 fully saturated rings. The van der Waals surface area contributed by atoms with Gasteiger partial charge in [0.15, 0.2) is 28.9 Å². The van der Waals surface area contributed by atoms with Crippen LogP contribution in [0.3, 0.4) is 0 Å². The number of nitrogens with zero attached hydrogens (tertiary/aromatic N) is 2. The highest BCUT2D eigenvalue weighted by Crippen LogP contribution is 2.41. The summed E-state index contributed by atoms with van der Waals surface area (Å²) < 4.78 is 7.90. The van der Waals surface area contributed by atoms with E-state index in [1.54, 1.807) is 12.2 Å². The standard InChI is InChI=1S/C25H23N2O3/c1-25(2)17-9-5-6-10-18(17)26(3)21(25)13-15-23(28)16(24(15)29)14-22-27(4)19-11-7-8-12-20(19)30-22/h5-14,16H,1-4H3/q+1/b15-13?,22-14+. The van der Waals surface area contributed by atoms with Gasteiger partial charge >= 0.3 is 0 Å². The van der Waals surface area contributed by atoms with Crippen LogP contribution in [-0.4, -0.2) is 35.9 Å². The number of hydrogen-bond acceptors (Lipinski definition) is 4. The number of carbonyl (C=O) groups excluding carboxylic acids is 2. The topological polar surface area (TPSA) is 49.6 Å². The van der Waals surface area contributed by atoms with Crippen LogP contribution in [0.1, 0.15) is 19.4 Å². The van der Waals surface area contributed by atoms with Gasteiger partial charge in [-0.1, -0.05) is 30.3 Å². The lowest BCUT2D eigenvalue weighted by molar-refractivity contribution is -0.401. The number of ether oxygens (including phenoxy) is 1. The van der Waals surface area contributed by atoms with Gasteiger partial charge in [-0.05, 0) is 32.1 Å². The van der Waals surface area contributed by atoms with Crippen molar-refractivity contribution in [3.63, 3.8) is 0 Å². The molecule has 2 aromatic carbocycles. The molecule has 150 valence electrons. The van der Waals surface area contributed by atoms with E-state index in [9.17, 15) is 9.59 Å². The molecule has 0 saturated heterocycles. The van der Waals surface area contributed by atoms with Gasteiger partial charge in [-0.15, -0.1) is 0 Å².